The Morgan fingerprint density at radius 3 is 2.86 bits per heavy atom. The van der Waals surface area contributed by atoms with Gasteiger partial charge >= 0.3 is 0 Å². The maximum absolute atomic E-state index is 12.1. The van der Waals surface area contributed by atoms with Crippen LogP contribution in [0.5, 0.6) is 5.75 Å². The minimum absolute atomic E-state index is 0.108. The lowest BCUT2D eigenvalue weighted by Gasteiger charge is -2.23. The lowest BCUT2D eigenvalue weighted by atomic mass is 10.0. The standard InChI is InChI=1S/C20H18ClN5O3/c1-12-2-5-14(8-16(12)21)24-19(28)10-29-15-6-3-13(4-7-15)17-9-18(27)25-20-22-11-23-26(17)20/h2-8,11,17H,9-10H2,1H3,(H,24,28)(H,22,23,25,27)/t17-/m0/s1. The molecule has 4 rings (SSSR count). The van der Waals surface area contributed by atoms with Crippen molar-refractivity contribution in [2.75, 3.05) is 17.2 Å². The molecule has 0 bridgehead atoms. The normalized spacial score (nSPS) is 15.4. The number of hydrogen-bond donors (Lipinski definition) is 2. The third kappa shape index (κ3) is 4.22. The van der Waals surface area contributed by atoms with Gasteiger partial charge in [-0.25, -0.2) is 4.68 Å². The topological polar surface area (TPSA) is 98.1 Å². The van der Waals surface area contributed by atoms with Gasteiger partial charge in [-0.3, -0.25) is 14.9 Å². The molecule has 2 N–H and O–H groups in total. The summed E-state index contributed by atoms with van der Waals surface area (Å²) in [5.41, 5.74) is 2.45. The van der Waals surface area contributed by atoms with E-state index in [1.165, 1.54) is 6.33 Å². The van der Waals surface area contributed by atoms with E-state index >= 15 is 0 Å². The Kier molecular flexibility index (Phi) is 5.18. The molecule has 0 aliphatic carbocycles. The maximum Gasteiger partial charge on any atom is 0.262 e. The number of anilines is 2. The van der Waals surface area contributed by atoms with Crippen molar-refractivity contribution in [3.63, 3.8) is 0 Å². The number of halogens is 1. The number of aromatic nitrogens is 3. The van der Waals surface area contributed by atoms with E-state index in [9.17, 15) is 9.59 Å². The van der Waals surface area contributed by atoms with E-state index in [4.69, 9.17) is 16.3 Å². The van der Waals surface area contributed by atoms with Gasteiger partial charge in [0.05, 0.1) is 12.5 Å². The highest BCUT2D eigenvalue weighted by Gasteiger charge is 2.27. The van der Waals surface area contributed by atoms with Crippen LogP contribution in [0.2, 0.25) is 5.02 Å². The van der Waals surface area contributed by atoms with E-state index in [2.05, 4.69) is 20.7 Å². The van der Waals surface area contributed by atoms with E-state index < -0.39 is 0 Å². The first kappa shape index (κ1) is 18.9. The van der Waals surface area contributed by atoms with E-state index in [0.717, 1.165) is 11.1 Å². The largest absolute Gasteiger partial charge is 0.484 e. The van der Waals surface area contributed by atoms with Gasteiger partial charge in [0, 0.05) is 10.7 Å². The van der Waals surface area contributed by atoms with Gasteiger partial charge in [0.2, 0.25) is 11.9 Å². The summed E-state index contributed by atoms with van der Waals surface area (Å²) in [6.07, 6.45) is 1.68. The molecule has 2 aromatic carbocycles. The Morgan fingerprint density at radius 1 is 1.31 bits per heavy atom. The Labute approximate surface area is 171 Å². The van der Waals surface area contributed by atoms with Crippen LogP contribution in [0, 0.1) is 6.92 Å². The first-order chi connectivity index (χ1) is 14.0. The van der Waals surface area contributed by atoms with Gasteiger partial charge in [0.15, 0.2) is 6.61 Å². The lowest BCUT2D eigenvalue weighted by Crippen LogP contribution is -2.29. The van der Waals surface area contributed by atoms with Crippen molar-refractivity contribution in [1.82, 2.24) is 14.8 Å². The summed E-state index contributed by atoms with van der Waals surface area (Å²) in [4.78, 5) is 28.0. The summed E-state index contributed by atoms with van der Waals surface area (Å²) in [5.74, 6) is 0.582. The minimum atomic E-state index is -0.287. The number of carbonyl (C=O) groups is 2. The first-order valence-corrected chi connectivity index (χ1v) is 9.35. The van der Waals surface area contributed by atoms with Crippen LogP contribution in [0.1, 0.15) is 23.6 Å². The third-order valence-electron chi connectivity index (χ3n) is 4.59. The molecule has 2 heterocycles. The predicted octanol–water partition coefficient (Wildman–Crippen LogP) is 3.19. The molecule has 0 fully saturated rings. The molecule has 2 amide bonds. The molecule has 0 spiro atoms. The van der Waals surface area contributed by atoms with Crippen molar-refractivity contribution in [3.05, 3.63) is 64.9 Å². The molecule has 1 aromatic heterocycles. The van der Waals surface area contributed by atoms with Gasteiger partial charge in [-0.2, -0.15) is 10.1 Å². The number of amides is 2. The molecule has 9 heteroatoms. The van der Waals surface area contributed by atoms with Gasteiger partial charge in [-0.1, -0.05) is 29.8 Å². The average molecular weight is 412 g/mol. The molecule has 148 valence electrons. The number of nitrogens with one attached hydrogen (secondary N) is 2. The van der Waals surface area contributed by atoms with Crippen LogP contribution in [0.3, 0.4) is 0 Å². The number of benzene rings is 2. The molecular weight excluding hydrogens is 394 g/mol. The SMILES string of the molecule is Cc1ccc(NC(=O)COc2ccc([C@@H]3CC(=O)Nc4ncnn43)cc2)cc1Cl. The summed E-state index contributed by atoms with van der Waals surface area (Å²) in [7, 11) is 0. The van der Waals surface area contributed by atoms with Crippen molar-refractivity contribution in [2.45, 2.75) is 19.4 Å². The summed E-state index contributed by atoms with van der Waals surface area (Å²) in [6, 6.07) is 12.3. The molecule has 1 atom stereocenters. The fourth-order valence-electron chi connectivity index (χ4n) is 3.07. The van der Waals surface area contributed by atoms with Crippen LogP contribution in [0.4, 0.5) is 11.6 Å². The van der Waals surface area contributed by atoms with Gasteiger partial charge in [0.1, 0.15) is 12.1 Å². The zero-order chi connectivity index (χ0) is 20.4. The zero-order valence-corrected chi connectivity index (χ0v) is 16.3. The third-order valence-corrected chi connectivity index (χ3v) is 5.00. The number of nitrogens with zero attached hydrogens (tertiary/aromatic N) is 3. The summed E-state index contributed by atoms with van der Waals surface area (Å²) in [6.45, 7) is 1.76. The Bertz CT molecular complexity index is 1060. The Hall–Kier alpha value is -3.39. The second-order valence-corrected chi connectivity index (χ2v) is 7.07. The Balaban J connectivity index is 1.37. The van der Waals surface area contributed by atoms with Crippen molar-refractivity contribution >= 4 is 35.1 Å². The number of fused-ring (bicyclic) bond motifs is 1. The van der Waals surface area contributed by atoms with Crippen molar-refractivity contribution in [2.24, 2.45) is 0 Å². The quantitative estimate of drug-likeness (QED) is 0.671. The highest BCUT2D eigenvalue weighted by molar-refractivity contribution is 6.31. The van der Waals surface area contributed by atoms with Gasteiger partial charge < -0.3 is 10.1 Å². The Morgan fingerprint density at radius 2 is 2.10 bits per heavy atom. The van der Waals surface area contributed by atoms with Crippen molar-refractivity contribution in [1.29, 1.82) is 0 Å². The molecule has 1 aliphatic heterocycles. The minimum Gasteiger partial charge on any atom is -0.484 e. The zero-order valence-electron chi connectivity index (χ0n) is 15.6. The monoisotopic (exact) mass is 411 g/mol. The van der Waals surface area contributed by atoms with Crippen molar-refractivity contribution < 1.29 is 14.3 Å². The maximum atomic E-state index is 12.1. The van der Waals surface area contributed by atoms with Crippen LogP contribution >= 0.6 is 11.6 Å². The summed E-state index contributed by atoms with van der Waals surface area (Å²) >= 11 is 6.06. The fraction of sp³-hybridized carbons (Fsp3) is 0.200. The number of ether oxygens (including phenoxy) is 1. The molecule has 0 unspecified atom stereocenters. The molecule has 3 aromatic rings. The van der Waals surface area contributed by atoms with Crippen LogP contribution in [-0.4, -0.2) is 33.2 Å². The smallest absolute Gasteiger partial charge is 0.262 e. The number of aryl methyl sites for hydroxylation is 1. The van der Waals surface area contributed by atoms with E-state index in [0.29, 0.717) is 22.4 Å². The van der Waals surface area contributed by atoms with Crippen LogP contribution in [-0.2, 0) is 9.59 Å². The summed E-state index contributed by atoms with van der Waals surface area (Å²) < 4.78 is 7.23. The van der Waals surface area contributed by atoms with Crippen LogP contribution in [0.25, 0.3) is 0 Å². The summed E-state index contributed by atoms with van der Waals surface area (Å²) in [5, 5.41) is 10.2. The highest BCUT2D eigenvalue weighted by atomic mass is 35.5. The molecular formula is C20H18ClN5O3. The molecule has 0 radical (unpaired) electrons. The van der Waals surface area contributed by atoms with E-state index in [1.807, 2.05) is 25.1 Å². The lowest BCUT2D eigenvalue weighted by molar-refractivity contribution is -0.118. The number of rotatable bonds is 5. The van der Waals surface area contributed by atoms with E-state index in [-0.39, 0.29) is 30.9 Å². The van der Waals surface area contributed by atoms with Crippen molar-refractivity contribution in [3.8, 4) is 5.75 Å². The number of hydrogen-bond acceptors (Lipinski definition) is 5. The average Bonchev–Trinajstić information content (AvgIpc) is 3.17. The molecule has 0 saturated carbocycles. The van der Waals surface area contributed by atoms with Gasteiger partial charge in [0.25, 0.3) is 5.91 Å². The molecule has 8 nitrogen and oxygen atoms in total. The molecule has 29 heavy (non-hydrogen) atoms. The second-order valence-electron chi connectivity index (χ2n) is 6.67. The number of carbonyl (C=O) groups excluding carboxylic acids is 2. The highest BCUT2D eigenvalue weighted by Crippen LogP contribution is 2.29. The fourth-order valence-corrected chi connectivity index (χ4v) is 3.25. The predicted molar refractivity (Wildman–Crippen MR) is 108 cm³/mol. The second kappa shape index (κ2) is 7.92. The van der Waals surface area contributed by atoms with Crippen LogP contribution < -0.4 is 15.4 Å². The van der Waals surface area contributed by atoms with Gasteiger partial charge in [-0.05, 0) is 42.3 Å². The molecule has 1 aliphatic rings. The van der Waals surface area contributed by atoms with Gasteiger partial charge in [-0.15, -0.1) is 0 Å². The first-order valence-electron chi connectivity index (χ1n) is 8.98. The molecule has 0 saturated heterocycles. The van der Waals surface area contributed by atoms with Crippen LogP contribution in [0.15, 0.2) is 48.8 Å². The van der Waals surface area contributed by atoms with E-state index in [1.54, 1.807) is 28.9 Å².